The summed E-state index contributed by atoms with van der Waals surface area (Å²) in [6.07, 6.45) is 1.65. The highest BCUT2D eigenvalue weighted by atomic mass is 32.2. The van der Waals surface area contributed by atoms with E-state index in [0.29, 0.717) is 6.54 Å². The first kappa shape index (κ1) is 12.9. The van der Waals surface area contributed by atoms with Gasteiger partial charge in [0.15, 0.2) is 0 Å². The lowest BCUT2D eigenvalue weighted by atomic mass is 10.2. The number of rotatable bonds is 5. The van der Waals surface area contributed by atoms with Crippen LogP contribution in [0.1, 0.15) is 23.5 Å². The summed E-state index contributed by atoms with van der Waals surface area (Å²) in [4.78, 5) is 0. The number of benzene rings is 1. The minimum atomic E-state index is 0.289. The van der Waals surface area contributed by atoms with E-state index in [2.05, 4.69) is 34.6 Å². The van der Waals surface area contributed by atoms with Crippen molar-refractivity contribution in [3.8, 4) is 0 Å². The first-order valence-electron chi connectivity index (χ1n) is 6.33. The molecule has 2 heterocycles. The molecule has 0 fully saturated rings. The zero-order valence-corrected chi connectivity index (χ0v) is 11.8. The third kappa shape index (κ3) is 2.91. The molecule has 3 aromatic rings. The fourth-order valence-electron chi connectivity index (χ4n) is 1.88. The molecule has 3 rings (SSSR count). The van der Waals surface area contributed by atoms with Crippen molar-refractivity contribution in [2.45, 2.75) is 23.9 Å². The normalized spacial score (nSPS) is 12.4. The van der Waals surface area contributed by atoms with Gasteiger partial charge in [-0.1, -0.05) is 42.1 Å². The first-order valence-corrected chi connectivity index (χ1v) is 7.21. The lowest BCUT2D eigenvalue weighted by Gasteiger charge is -2.10. The van der Waals surface area contributed by atoms with Crippen molar-refractivity contribution in [1.82, 2.24) is 20.2 Å². The largest absolute Gasteiger partial charge is 0.467 e. The van der Waals surface area contributed by atoms with E-state index in [1.807, 2.05) is 30.3 Å². The summed E-state index contributed by atoms with van der Waals surface area (Å²) in [5.41, 5.74) is 1.25. The standard InChI is InChI=1S/C14H14N4OS/c1-11(12-6-3-2-4-7-12)20-14-15-16-17-18(14)10-13-8-5-9-19-13/h2-9,11H,10H2,1H3. The second-order valence-corrected chi connectivity index (χ2v) is 5.68. The van der Waals surface area contributed by atoms with Crippen LogP contribution in [-0.2, 0) is 6.54 Å². The Labute approximate surface area is 121 Å². The monoisotopic (exact) mass is 286 g/mol. The predicted octanol–water partition coefficient (Wildman–Crippen LogP) is 3.17. The van der Waals surface area contributed by atoms with Crippen LogP contribution < -0.4 is 0 Å². The van der Waals surface area contributed by atoms with Crippen LogP contribution in [0.15, 0.2) is 58.3 Å². The Kier molecular flexibility index (Phi) is 3.83. The van der Waals surface area contributed by atoms with E-state index in [9.17, 15) is 0 Å². The molecule has 1 atom stereocenters. The third-order valence-corrected chi connectivity index (χ3v) is 4.06. The van der Waals surface area contributed by atoms with Crippen molar-refractivity contribution in [3.05, 3.63) is 60.1 Å². The second-order valence-electron chi connectivity index (χ2n) is 4.37. The number of aromatic nitrogens is 4. The highest BCUT2D eigenvalue weighted by molar-refractivity contribution is 7.99. The van der Waals surface area contributed by atoms with Crippen LogP contribution in [0.5, 0.6) is 0 Å². The van der Waals surface area contributed by atoms with Gasteiger partial charge in [0.05, 0.1) is 6.26 Å². The molecule has 5 nitrogen and oxygen atoms in total. The van der Waals surface area contributed by atoms with Gasteiger partial charge in [-0.15, -0.1) is 5.10 Å². The van der Waals surface area contributed by atoms with Gasteiger partial charge in [-0.25, -0.2) is 4.68 Å². The molecule has 0 saturated heterocycles. The van der Waals surface area contributed by atoms with Gasteiger partial charge in [0.2, 0.25) is 5.16 Å². The Morgan fingerprint density at radius 3 is 2.80 bits per heavy atom. The lowest BCUT2D eigenvalue weighted by molar-refractivity contribution is 0.462. The van der Waals surface area contributed by atoms with E-state index in [1.54, 1.807) is 22.7 Å². The molecule has 0 bridgehead atoms. The number of thioether (sulfide) groups is 1. The number of tetrazole rings is 1. The highest BCUT2D eigenvalue weighted by Gasteiger charge is 2.14. The van der Waals surface area contributed by atoms with Gasteiger partial charge in [0.25, 0.3) is 0 Å². The summed E-state index contributed by atoms with van der Waals surface area (Å²) in [5.74, 6) is 0.839. The van der Waals surface area contributed by atoms with E-state index in [-0.39, 0.29) is 5.25 Å². The van der Waals surface area contributed by atoms with Crippen molar-refractivity contribution in [3.63, 3.8) is 0 Å². The Morgan fingerprint density at radius 2 is 2.05 bits per heavy atom. The maximum absolute atomic E-state index is 5.33. The number of furan rings is 1. The minimum Gasteiger partial charge on any atom is -0.467 e. The van der Waals surface area contributed by atoms with Crippen molar-refractivity contribution in [1.29, 1.82) is 0 Å². The molecule has 0 saturated carbocycles. The van der Waals surface area contributed by atoms with E-state index < -0.39 is 0 Å². The summed E-state index contributed by atoms with van der Waals surface area (Å²) in [7, 11) is 0. The number of hydrogen-bond donors (Lipinski definition) is 0. The van der Waals surface area contributed by atoms with E-state index in [1.165, 1.54) is 5.56 Å². The van der Waals surface area contributed by atoms with E-state index >= 15 is 0 Å². The van der Waals surface area contributed by atoms with Crippen LogP contribution in [0.25, 0.3) is 0 Å². The Morgan fingerprint density at radius 1 is 1.20 bits per heavy atom. The molecule has 1 aromatic carbocycles. The summed E-state index contributed by atoms with van der Waals surface area (Å²) >= 11 is 1.64. The fourth-order valence-corrected chi connectivity index (χ4v) is 2.80. The molecule has 102 valence electrons. The van der Waals surface area contributed by atoms with Crippen LogP contribution in [0.2, 0.25) is 0 Å². The molecule has 2 aromatic heterocycles. The lowest BCUT2D eigenvalue weighted by Crippen LogP contribution is -2.03. The third-order valence-electron chi connectivity index (χ3n) is 2.94. The van der Waals surface area contributed by atoms with Crippen molar-refractivity contribution in [2.24, 2.45) is 0 Å². The zero-order chi connectivity index (χ0) is 13.8. The molecule has 20 heavy (non-hydrogen) atoms. The highest BCUT2D eigenvalue weighted by Crippen LogP contribution is 2.33. The number of hydrogen-bond acceptors (Lipinski definition) is 5. The molecule has 0 aliphatic rings. The summed E-state index contributed by atoms with van der Waals surface area (Å²) < 4.78 is 7.08. The molecular formula is C14H14N4OS. The quantitative estimate of drug-likeness (QED) is 0.674. The van der Waals surface area contributed by atoms with Crippen molar-refractivity contribution >= 4 is 11.8 Å². The van der Waals surface area contributed by atoms with Crippen molar-refractivity contribution in [2.75, 3.05) is 0 Å². The van der Waals surface area contributed by atoms with E-state index in [0.717, 1.165) is 10.9 Å². The molecule has 0 N–H and O–H groups in total. The van der Waals surface area contributed by atoms with Gasteiger partial charge in [-0.3, -0.25) is 0 Å². The van der Waals surface area contributed by atoms with Crippen LogP contribution in [-0.4, -0.2) is 20.2 Å². The molecule has 0 amide bonds. The molecular weight excluding hydrogens is 272 g/mol. The fraction of sp³-hybridized carbons (Fsp3) is 0.214. The maximum atomic E-state index is 5.33. The molecule has 0 aliphatic carbocycles. The first-order chi connectivity index (χ1) is 9.83. The minimum absolute atomic E-state index is 0.289. The average Bonchev–Trinajstić information content (AvgIpc) is 3.13. The molecule has 1 unspecified atom stereocenters. The van der Waals surface area contributed by atoms with Gasteiger partial charge in [-0.05, 0) is 35.0 Å². The van der Waals surface area contributed by atoms with Crippen LogP contribution >= 0.6 is 11.8 Å². The van der Waals surface area contributed by atoms with Crippen LogP contribution in [0.4, 0.5) is 0 Å². The average molecular weight is 286 g/mol. The Hall–Kier alpha value is -2.08. The summed E-state index contributed by atoms with van der Waals surface area (Å²) in [6.45, 7) is 2.69. The summed E-state index contributed by atoms with van der Waals surface area (Å²) in [5, 5.41) is 12.9. The summed E-state index contributed by atoms with van der Waals surface area (Å²) in [6, 6.07) is 14.1. The Balaban J connectivity index is 1.73. The second kappa shape index (κ2) is 5.92. The molecule has 0 spiro atoms. The Bertz CT molecular complexity index is 651. The molecule has 0 aliphatic heterocycles. The smallest absolute Gasteiger partial charge is 0.210 e. The van der Waals surface area contributed by atoms with Gasteiger partial charge in [0, 0.05) is 5.25 Å². The maximum Gasteiger partial charge on any atom is 0.210 e. The van der Waals surface area contributed by atoms with Gasteiger partial charge >= 0.3 is 0 Å². The predicted molar refractivity (Wildman–Crippen MR) is 76.3 cm³/mol. The van der Waals surface area contributed by atoms with Gasteiger partial charge < -0.3 is 4.42 Å². The van der Waals surface area contributed by atoms with Crippen LogP contribution in [0, 0.1) is 0 Å². The zero-order valence-electron chi connectivity index (χ0n) is 11.0. The molecule has 0 radical (unpaired) electrons. The van der Waals surface area contributed by atoms with Crippen molar-refractivity contribution < 1.29 is 4.42 Å². The van der Waals surface area contributed by atoms with Gasteiger partial charge in [0.1, 0.15) is 12.3 Å². The topological polar surface area (TPSA) is 56.7 Å². The molecule has 6 heteroatoms. The number of nitrogens with zero attached hydrogens (tertiary/aromatic N) is 4. The van der Waals surface area contributed by atoms with Gasteiger partial charge in [-0.2, -0.15) is 0 Å². The SMILES string of the molecule is CC(Sc1nnnn1Cc1ccco1)c1ccccc1. The van der Waals surface area contributed by atoms with Crippen LogP contribution in [0.3, 0.4) is 0 Å². The van der Waals surface area contributed by atoms with E-state index in [4.69, 9.17) is 4.42 Å².